The van der Waals surface area contributed by atoms with Crippen LogP contribution >= 0.6 is 0 Å². The molecule has 1 heterocycles. The van der Waals surface area contributed by atoms with Crippen LogP contribution in [0.4, 0.5) is 0 Å². The maximum atomic E-state index is 13.5. The molecule has 0 radical (unpaired) electrons. The predicted molar refractivity (Wildman–Crippen MR) is 143 cm³/mol. The van der Waals surface area contributed by atoms with Crippen molar-refractivity contribution in [2.75, 3.05) is 33.4 Å². The maximum Gasteiger partial charge on any atom is 0.338 e. The number of rotatable bonds is 6. The zero-order valence-corrected chi connectivity index (χ0v) is 21.4. The number of esters is 1. The van der Waals surface area contributed by atoms with E-state index in [0.717, 1.165) is 51.3 Å². The highest BCUT2D eigenvalue weighted by Gasteiger charge is 2.59. The lowest BCUT2D eigenvalue weighted by Gasteiger charge is -2.62. The van der Waals surface area contributed by atoms with E-state index in [9.17, 15) is 4.79 Å². The number of ether oxygens (including phenoxy) is 3. The molecule has 0 unspecified atom stereocenters. The van der Waals surface area contributed by atoms with Crippen LogP contribution in [0.25, 0.3) is 0 Å². The van der Waals surface area contributed by atoms with Crippen molar-refractivity contribution in [3.05, 3.63) is 102 Å². The molecule has 1 saturated heterocycles. The van der Waals surface area contributed by atoms with Crippen molar-refractivity contribution in [3.8, 4) is 5.75 Å². The third-order valence-electron chi connectivity index (χ3n) is 8.86. The first-order chi connectivity index (χ1) is 18.2. The van der Waals surface area contributed by atoms with Crippen LogP contribution in [-0.4, -0.2) is 55.9 Å². The minimum Gasteiger partial charge on any atom is -0.497 e. The number of morpholine rings is 1. The summed E-state index contributed by atoms with van der Waals surface area (Å²) in [5.41, 5.74) is 3.21. The fraction of sp³-hybridized carbons (Fsp3) is 0.406. The van der Waals surface area contributed by atoms with Gasteiger partial charge in [-0.3, -0.25) is 4.90 Å². The summed E-state index contributed by atoms with van der Waals surface area (Å²) in [4.78, 5) is 16.1. The summed E-state index contributed by atoms with van der Waals surface area (Å²) < 4.78 is 17.5. The number of carbonyl (C=O) groups is 1. The van der Waals surface area contributed by atoms with Crippen LogP contribution in [0.3, 0.4) is 0 Å². The lowest BCUT2D eigenvalue weighted by molar-refractivity contribution is -0.130. The normalized spacial score (nSPS) is 29.5. The van der Waals surface area contributed by atoms with Crippen LogP contribution in [0.2, 0.25) is 0 Å². The lowest BCUT2D eigenvalue weighted by atomic mass is 9.51. The van der Waals surface area contributed by atoms with Gasteiger partial charge in [-0.2, -0.15) is 0 Å². The fourth-order valence-electron chi connectivity index (χ4n) is 7.21. The SMILES string of the molecule is COc1ccc(C(=O)O[C@@H]2CC3(N4CCOCC4)C[C@@H](c4ccccc4)C2[C@H](c2ccccc2)C3)cc1. The first kappa shape index (κ1) is 24.2. The first-order valence-electron chi connectivity index (χ1n) is 13.4. The Morgan fingerprint density at radius 2 is 1.38 bits per heavy atom. The lowest BCUT2D eigenvalue weighted by Crippen LogP contribution is -2.65. The van der Waals surface area contributed by atoms with Gasteiger partial charge >= 0.3 is 5.97 Å². The van der Waals surface area contributed by atoms with Gasteiger partial charge in [0.25, 0.3) is 0 Å². The number of hydrogen-bond donors (Lipinski definition) is 0. The molecule has 5 nitrogen and oxygen atoms in total. The van der Waals surface area contributed by atoms with Crippen molar-refractivity contribution in [1.29, 1.82) is 0 Å². The average Bonchev–Trinajstić information content (AvgIpc) is 2.98. The molecule has 3 aromatic carbocycles. The van der Waals surface area contributed by atoms with Crippen LogP contribution in [-0.2, 0) is 9.47 Å². The van der Waals surface area contributed by atoms with E-state index in [1.54, 1.807) is 19.2 Å². The van der Waals surface area contributed by atoms with E-state index in [2.05, 4.69) is 65.6 Å². The van der Waals surface area contributed by atoms with Gasteiger partial charge in [-0.05, 0) is 60.1 Å². The molecule has 4 aliphatic rings. The van der Waals surface area contributed by atoms with Crippen molar-refractivity contribution < 1.29 is 19.0 Å². The van der Waals surface area contributed by atoms with Crippen molar-refractivity contribution >= 4 is 5.97 Å². The van der Waals surface area contributed by atoms with E-state index in [1.807, 2.05) is 12.1 Å². The monoisotopic (exact) mass is 497 g/mol. The topological polar surface area (TPSA) is 48.0 Å². The third kappa shape index (κ3) is 4.67. The molecule has 0 spiro atoms. The standard InChI is InChI=1S/C32H35NO4/c1-35-26-14-12-25(13-15-26)31(34)37-29-22-32(33-16-18-36-19-17-33)20-27(23-8-4-2-5-9-23)30(29)28(21-32)24-10-6-3-7-11-24/h2-15,27-30H,16-22H2,1H3/t27-,28-,29+,30?,32?/m0/s1. The van der Waals surface area contributed by atoms with E-state index in [1.165, 1.54) is 11.1 Å². The molecular formula is C32H35NO4. The maximum absolute atomic E-state index is 13.5. The van der Waals surface area contributed by atoms with Gasteiger partial charge in [0.2, 0.25) is 0 Å². The molecule has 0 N–H and O–H groups in total. The number of nitrogens with zero attached hydrogens (tertiary/aromatic N) is 1. The summed E-state index contributed by atoms with van der Waals surface area (Å²) in [7, 11) is 1.63. The van der Waals surface area contributed by atoms with E-state index in [-0.39, 0.29) is 23.5 Å². The van der Waals surface area contributed by atoms with Crippen molar-refractivity contribution in [2.24, 2.45) is 5.92 Å². The average molecular weight is 498 g/mol. The summed E-state index contributed by atoms with van der Waals surface area (Å²) in [5.74, 6) is 1.31. The molecule has 3 aliphatic carbocycles. The van der Waals surface area contributed by atoms with Crippen LogP contribution < -0.4 is 4.74 Å². The molecule has 0 amide bonds. The van der Waals surface area contributed by atoms with Crippen LogP contribution in [0.1, 0.15) is 52.6 Å². The zero-order chi connectivity index (χ0) is 25.2. The van der Waals surface area contributed by atoms with Gasteiger partial charge in [0, 0.05) is 31.0 Å². The molecule has 0 aromatic heterocycles. The van der Waals surface area contributed by atoms with Crippen molar-refractivity contribution in [2.45, 2.75) is 42.7 Å². The molecule has 3 aromatic rings. The summed E-state index contributed by atoms with van der Waals surface area (Å²) >= 11 is 0. The highest BCUT2D eigenvalue weighted by Crippen LogP contribution is 2.60. The van der Waals surface area contributed by atoms with Gasteiger partial charge in [-0.15, -0.1) is 0 Å². The highest BCUT2D eigenvalue weighted by molar-refractivity contribution is 5.89. The van der Waals surface area contributed by atoms with E-state index < -0.39 is 0 Å². The van der Waals surface area contributed by atoms with Gasteiger partial charge in [0.1, 0.15) is 11.9 Å². The summed E-state index contributed by atoms with van der Waals surface area (Å²) in [6, 6.07) is 28.9. The number of benzene rings is 3. The predicted octanol–water partition coefficient (Wildman–Crippen LogP) is 5.67. The van der Waals surface area contributed by atoms with Crippen LogP contribution in [0, 0.1) is 5.92 Å². The number of methoxy groups -OCH3 is 1. The molecule has 192 valence electrons. The second-order valence-electron chi connectivity index (χ2n) is 10.7. The summed E-state index contributed by atoms with van der Waals surface area (Å²) in [5, 5.41) is 0. The minimum atomic E-state index is -0.254. The minimum absolute atomic E-state index is 0.0373. The van der Waals surface area contributed by atoms with E-state index >= 15 is 0 Å². The van der Waals surface area contributed by atoms with Crippen LogP contribution in [0.5, 0.6) is 5.75 Å². The molecule has 3 atom stereocenters. The molecule has 3 saturated carbocycles. The Bertz CT molecular complexity index is 1140. The highest BCUT2D eigenvalue weighted by atomic mass is 16.5. The third-order valence-corrected chi connectivity index (χ3v) is 8.86. The smallest absolute Gasteiger partial charge is 0.338 e. The van der Waals surface area contributed by atoms with Gasteiger partial charge in [-0.1, -0.05) is 60.7 Å². The Morgan fingerprint density at radius 1 is 0.811 bits per heavy atom. The van der Waals surface area contributed by atoms with E-state index in [0.29, 0.717) is 17.4 Å². The Labute approximate surface area is 219 Å². The fourth-order valence-corrected chi connectivity index (χ4v) is 7.21. The molecule has 2 bridgehead atoms. The van der Waals surface area contributed by atoms with E-state index in [4.69, 9.17) is 14.2 Å². The Morgan fingerprint density at radius 3 is 1.92 bits per heavy atom. The van der Waals surface area contributed by atoms with Gasteiger partial charge in [0.05, 0.1) is 25.9 Å². The molecule has 37 heavy (non-hydrogen) atoms. The summed E-state index contributed by atoms with van der Waals surface area (Å²) in [6.07, 6.45) is 2.87. The molecule has 5 heteroatoms. The second-order valence-corrected chi connectivity index (χ2v) is 10.7. The second kappa shape index (κ2) is 10.3. The molecular weight excluding hydrogens is 462 g/mol. The Kier molecular flexibility index (Phi) is 6.74. The largest absolute Gasteiger partial charge is 0.497 e. The zero-order valence-electron chi connectivity index (χ0n) is 21.4. The quantitative estimate of drug-likeness (QED) is 0.411. The summed E-state index contributed by atoms with van der Waals surface area (Å²) in [6.45, 7) is 3.36. The van der Waals surface area contributed by atoms with Gasteiger partial charge in [-0.25, -0.2) is 4.79 Å². The Balaban J connectivity index is 1.40. The van der Waals surface area contributed by atoms with Crippen molar-refractivity contribution in [3.63, 3.8) is 0 Å². The molecule has 1 aliphatic heterocycles. The number of carbonyl (C=O) groups excluding carboxylic acids is 1. The number of fused-ring (bicyclic) bond motifs is 3. The van der Waals surface area contributed by atoms with Gasteiger partial charge in [0.15, 0.2) is 0 Å². The van der Waals surface area contributed by atoms with Gasteiger partial charge < -0.3 is 14.2 Å². The number of hydrogen-bond acceptors (Lipinski definition) is 5. The molecule has 4 fully saturated rings. The Hall–Kier alpha value is -3.15. The van der Waals surface area contributed by atoms with Crippen molar-refractivity contribution in [1.82, 2.24) is 4.90 Å². The van der Waals surface area contributed by atoms with Crippen LogP contribution in [0.15, 0.2) is 84.9 Å². The first-order valence-corrected chi connectivity index (χ1v) is 13.4. The molecule has 7 rings (SSSR count).